The van der Waals surface area contributed by atoms with Crippen LogP contribution in [0.2, 0.25) is 0 Å². The van der Waals surface area contributed by atoms with E-state index in [0.717, 1.165) is 5.56 Å². The molecule has 0 spiro atoms. The highest BCUT2D eigenvalue weighted by Crippen LogP contribution is 2.19. The molecule has 0 saturated heterocycles. The van der Waals surface area contributed by atoms with Crippen LogP contribution >= 0.6 is 0 Å². The molecule has 0 amide bonds. The van der Waals surface area contributed by atoms with E-state index >= 15 is 0 Å². The number of pyridine rings is 1. The zero-order valence-electron chi connectivity index (χ0n) is 9.71. The molecule has 0 aliphatic carbocycles. The fourth-order valence-corrected chi connectivity index (χ4v) is 3.02. The van der Waals surface area contributed by atoms with Crippen molar-refractivity contribution in [1.29, 1.82) is 0 Å². The van der Waals surface area contributed by atoms with Gasteiger partial charge in [-0.15, -0.1) is 0 Å². The molecule has 0 radical (unpaired) electrons. The van der Waals surface area contributed by atoms with Gasteiger partial charge in [0.05, 0.1) is 4.90 Å². The number of sulfone groups is 1. The number of aromatic nitrogens is 1. The van der Waals surface area contributed by atoms with Crippen LogP contribution in [0, 0.1) is 13.8 Å². The SMILES string of the molecule is Cc1cc(C)nc(S(=O)(=O)c2ccccc2)c1. The van der Waals surface area contributed by atoms with Crippen LogP contribution in [-0.4, -0.2) is 13.4 Å². The van der Waals surface area contributed by atoms with E-state index < -0.39 is 9.84 Å². The van der Waals surface area contributed by atoms with Crippen molar-refractivity contribution in [2.24, 2.45) is 0 Å². The van der Waals surface area contributed by atoms with Gasteiger partial charge in [0.2, 0.25) is 9.84 Å². The zero-order chi connectivity index (χ0) is 12.5. The number of benzene rings is 1. The van der Waals surface area contributed by atoms with Crippen LogP contribution in [0.5, 0.6) is 0 Å². The number of nitrogens with zero attached hydrogens (tertiary/aromatic N) is 1. The van der Waals surface area contributed by atoms with E-state index in [1.807, 2.05) is 13.0 Å². The maximum absolute atomic E-state index is 12.3. The largest absolute Gasteiger partial charge is 0.241 e. The first-order valence-electron chi connectivity index (χ1n) is 5.25. The van der Waals surface area contributed by atoms with Crippen molar-refractivity contribution in [1.82, 2.24) is 4.98 Å². The van der Waals surface area contributed by atoms with E-state index in [2.05, 4.69) is 4.98 Å². The smallest absolute Gasteiger partial charge is 0.223 e. The molecule has 0 bridgehead atoms. The second-order valence-electron chi connectivity index (χ2n) is 3.94. The van der Waals surface area contributed by atoms with Gasteiger partial charge in [0.1, 0.15) is 0 Å². The highest BCUT2D eigenvalue weighted by molar-refractivity contribution is 7.91. The quantitative estimate of drug-likeness (QED) is 0.819. The molecule has 88 valence electrons. The molecule has 0 aliphatic rings. The Hall–Kier alpha value is -1.68. The van der Waals surface area contributed by atoms with E-state index in [9.17, 15) is 8.42 Å². The summed E-state index contributed by atoms with van der Waals surface area (Å²) in [5.41, 5.74) is 1.60. The third-order valence-corrected chi connectivity index (χ3v) is 4.06. The number of rotatable bonds is 2. The Balaban J connectivity index is 2.60. The predicted octanol–water partition coefficient (Wildman–Crippen LogP) is 2.53. The van der Waals surface area contributed by atoms with Gasteiger partial charge in [-0.1, -0.05) is 18.2 Å². The van der Waals surface area contributed by atoms with Gasteiger partial charge in [-0.25, -0.2) is 13.4 Å². The van der Waals surface area contributed by atoms with Crippen LogP contribution in [0.1, 0.15) is 11.3 Å². The van der Waals surface area contributed by atoms with Crippen molar-refractivity contribution in [3.63, 3.8) is 0 Å². The van der Waals surface area contributed by atoms with Gasteiger partial charge in [-0.2, -0.15) is 0 Å². The molecule has 17 heavy (non-hydrogen) atoms. The third kappa shape index (κ3) is 2.36. The van der Waals surface area contributed by atoms with Gasteiger partial charge in [0.25, 0.3) is 0 Å². The molecule has 0 fully saturated rings. The van der Waals surface area contributed by atoms with Crippen LogP contribution in [-0.2, 0) is 9.84 Å². The van der Waals surface area contributed by atoms with Gasteiger partial charge in [0.15, 0.2) is 5.03 Å². The molecule has 2 aromatic rings. The number of aryl methyl sites for hydroxylation is 2. The molecule has 1 aromatic carbocycles. The molecular formula is C13H13NO2S. The van der Waals surface area contributed by atoms with E-state index in [1.54, 1.807) is 43.3 Å². The van der Waals surface area contributed by atoms with Crippen LogP contribution in [0.3, 0.4) is 0 Å². The minimum absolute atomic E-state index is 0.112. The fourth-order valence-electron chi connectivity index (χ4n) is 1.66. The van der Waals surface area contributed by atoms with E-state index in [4.69, 9.17) is 0 Å². The summed E-state index contributed by atoms with van der Waals surface area (Å²) in [6.45, 7) is 3.65. The van der Waals surface area contributed by atoms with Crippen molar-refractivity contribution in [2.75, 3.05) is 0 Å². The van der Waals surface area contributed by atoms with Crippen LogP contribution in [0.15, 0.2) is 52.4 Å². The summed E-state index contributed by atoms with van der Waals surface area (Å²) in [4.78, 5) is 4.37. The Morgan fingerprint density at radius 3 is 2.24 bits per heavy atom. The molecule has 4 heteroatoms. The molecule has 0 aliphatic heterocycles. The van der Waals surface area contributed by atoms with Crippen molar-refractivity contribution in [3.8, 4) is 0 Å². The second kappa shape index (κ2) is 4.30. The Kier molecular flexibility index (Phi) is 2.98. The van der Waals surface area contributed by atoms with E-state index in [-0.39, 0.29) is 9.92 Å². The van der Waals surface area contributed by atoms with Gasteiger partial charge >= 0.3 is 0 Å². The first-order valence-corrected chi connectivity index (χ1v) is 6.74. The summed E-state index contributed by atoms with van der Waals surface area (Å²) in [7, 11) is -3.50. The van der Waals surface area contributed by atoms with Crippen molar-refractivity contribution in [3.05, 3.63) is 53.7 Å². The van der Waals surface area contributed by atoms with E-state index in [1.165, 1.54) is 0 Å². The molecule has 0 saturated carbocycles. The number of hydrogen-bond donors (Lipinski definition) is 0. The van der Waals surface area contributed by atoms with Crippen molar-refractivity contribution >= 4 is 9.84 Å². The number of hydrogen-bond acceptors (Lipinski definition) is 3. The minimum atomic E-state index is -3.50. The monoisotopic (exact) mass is 247 g/mol. The first kappa shape index (κ1) is 11.8. The normalized spacial score (nSPS) is 11.4. The third-order valence-electron chi connectivity index (χ3n) is 2.40. The minimum Gasteiger partial charge on any atom is -0.241 e. The molecule has 1 aromatic heterocycles. The summed E-state index contributed by atoms with van der Waals surface area (Å²) in [5, 5.41) is 0.112. The topological polar surface area (TPSA) is 47.0 Å². The maximum atomic E-state index is 12.3. The standard InChI is InChI=1S/C13H13NO2S/c1-10-8-11(2)14-13(9-10)17(15,16)12-6-4-3-5-7-12/h3-9H,1-2H3. The first-order chi connectivity index (χ1) is 8.00. The van der Waals surface area contributed by atoms with Crippen molar-refractivity contribution in [2.45, 2.75) is 23.8 Å². The highest BCUT2D eigenvalue weighted by Gasteiger charge is 2.19. The Labute approximate surface area is 101 Å². The zero-order valence-corrected chi connectivity index (χ0v) is 10.5. The highest BCUT2D eigenvalue weighted by atomic mass is 32.2. The van der Waals surface area contributed by atoms with Crippen LogP contribution < -0.4 is 0 Å². The lowest BCUT2D eigenvalue weighted by atomic mass is 10.3. The summed E-state index contributed by atoms with van der Waals surface area (Å²) in [6.07, 6.45) is 0. The predicted molar refractivity (Wildman–Crippen MR) is 65.6 cm³/mol. The van der Waals surface area contributed by atoms with Crippen LogP contribution in [0.4, 0.5) is 0 Å². The van der Waals surface area contributed by atoms with Gasteiger partial charge in [-0.3, -0.25) is 0 Å². The summed E-state index contributed by atoms with van der Waals surface area (Å²) in [5.74, 6) is 0. The van der Waals surface area contributed by atoms with Crippen LogP contribution in [0.25, 0.3) is 0 Å². The summed E-state index contributed by atoms with van der Waals surface area (Å²) >= 11 is 0. The fraction of sp³-hybridized carbons (Fsp3) is 0.154. The average molecular weight is 247 g/mol. The van der Waals surface area contributed by atoms with Gasteiger partial charge in [-0.05, 0) is 43.7 Å². The second-order valence-corrected chi connectivity index (χ2v) is 5.84. The van der Waals surface area contributed by atoms with Crippen molar-refractivity contribution < 1.29 is 8.42 Å². The van der Waals surface area contributed by atoms with E-state index in [0.29, 0.717) is 5.69 Å². The Bertz CT molecular complexity index is 613. The lowest BCUT2D eigenvalue weighted by Crippen LogP contribution is -2.05. The average Bonchev–Trinajstić information content (AvgIpc) is 2.29. The lowest BCUT2D eigenvalue weighted by molar-refractivity contribution is 0.592. The lowest BCUT2D eigenvalue weighted by Gasteiger charge is -2.05. The summed E-state index contributed by atoms with van der Waals surface area (Å²) in [6, 6.07) is 11.8. The molecule has 0 unspecified atom stereocenters. The Morgan fingerprint density at radius 2 is 1.65 bits per heavy atom. The molecule has 0 atom stereocenters. The molecule has 0 N–H and O–H groups in total. The maximum Gasteiger partial charge on any atom is 0.223 e. The molecule has 3 nitrogen and oxygen atoms in total. The molecular weight excluding hydrogens is 234 g/mol. The molecule has 1 heterocycles. The van der Waals surface area contributed by atoms with Gasteiger partial charge in [0, 0.05) is 5.69 Å². The molecule has 2 rings (SSSR count). The Morgan fingerprint density at radius 1 is 1.00 bits per heavy atom. The van der Waals surface area contributed by atoms with Gasteiger partial charge < -0.3 is 0 Å². The summed E-state index contributed by atoms with van der Waals surface area (Å²) < 4.78 is 24.6.